The molecule has 0 aliphatic carbocycles. The number of aromatic amines is 1. The quantitative estimate of drug-likeness (QED) is 0.486. The van der Waals surface area contributed by atoms with Crippen LogP contribution < -0.4 is 10.2 Å². The Morgan fingerprint density at radius 3 is 2.69 bits per heavy atom. The molecule has 1 aromatic heterocycles. The van der Waals surface area contributed by atoms with E-state index in [2.05, 4.69) is 20.7 Å². The van der Waals surface area contributed by atoms with E-state index in [0.717, 1.165) is 11.1 Å². The van der Waals surface area contributed by atoms with Crippen molar-refractivity contribution in [2.24, 2.45) is 5.10 Å². The number of hydrogen-bond acceptors (Lipinski definition) is 5. The molecule has 3 aromatic rings. The van der Waals surface area contributed by atoms with Crippen LogP contribution in [0.4, 0.5) is 0 Å². The summed E-state index contributed by atoms with van der Waals surface area (Å²) in [7, 11) is 1.47. The lowest BCUT2D eigenvalue weighted by Crippen LogP contribution is -2.19. The number of hydrazone groups is 1. The molecule has 0 saturated carbocycles. The Bertz CT molecular complexity index is 948. The maximum absolute atomic E-state index is 12.2. The predicted molar refractivity (Wildman–Crippen MR) is 98.4 cm³/mol. The second-order valence-electron chi connectivity index (χ2n) is 5.56. The maximum atomic E-state index is 12.2. The van der Waals surface area contributed by atoms with Gasteiger partial charge in [-0.3, -0.25) is 9.89 Å². The molecule has 1 heterocycles. The zero-order chi connectivity index (χ0) is 18.5. The number of rotatable bonds is 5. The van der Waals surface area contributed by atoms with Crippen molar-refractivity contribution in [3.05, 3.63) is 65.9 Å². The second kappa shape index (κ2) is 7.52. The molecule has 0 radical (unpaired) electrons. The van der Waals surface area contributed by atoms with Crippen LogP contribution in [0.1, 0.15) is 23.0 Å². The predicted octanol–water partition coefficient (Wildman–Crippen LogP) is 2.94. The van der Waals surface area contributed by atoms with Gasteiger partial charge in [0.2, 0.25) is 0 Å². The number of carbonyl (C=O) groups excluding carboxylic acids is 1. The van der Waals surface area contributed by atoms with Gasteiger partial charge in [-0.2, -0.15) is 10.2 Å². The number of benzene rings is 2. The summed E-state index contributed by atoms with van der Waals surface area (Å²) in [6, 6.07) is 16.1. The SMILES string of the molecule is COc1cc(/C(C)=N/NC(=O)c2cc(-c3ccccc3)n[nH]2)ccc1O. The average molecular weight is 350 g/mol. The minimum Gasteiger partial charge on any atom is -0.504 e. The van der Waals surface area contributed by atoms with Gasteiger partial charge in [-0.25, -0.2) is 5.43 Å². The highest BCUT2D eigenvalue weighted by Gasteiger charge is 2.11. The fraction of sp³-hybridized carbons (Fsp3) is 0.105. The highest BCUT2D eigenvalue weighted by molar-refractivity contribution is 6.01. The molecule has 26 heavy (non-hydrogen) atoms. The highest BCUT2D eigenvalue weighted by Crippen LogP contribution is 2.26. The Hall–Kier alpha value is -3.61. The smallest absolute Gasteiger partial charge is 0.289 e. The molecular formula is C19H18N4O3. The molecule has 0 atom stereocenters. The van der Waals surface area contributed by atoms with Crippen LogP contribution >= 0.6 is 0 Å². The first-order valence-electron chi connectivity index (χ1n) is 7.91. The number of nitrogens with one attached hydrogen (secondary N) is 2. The van der Waals surface area contributed by atoms with E-state index in [0.29, 0.717) is 22.8 Å². The van der Waals surface area contributed by atoms with Gasteiger partial charge < -0.3 is 9.84 Å². The van der Waals surface area contributed by atoms with Crippen LogP contribution in [0.2, 0.25) is 0 Å². The van der Waals surface area contributed by atoms with Crippen LogP contribution in [-0.4, -0.2) is 34.0 Å². The van der Waals surface area contributed by atoms with Crippen molar-refractivity contribution in [2.75, 3.05) is 7.11 Å². The van der Waals surface area contributed by atoms with E-state index in [1.165, 1.54) is 13.2 Å². The van der Waals surface area contributed by atoms with E-state index in [9.17, 15) is 9.90 Å². The van der Waals surface area contributed by atoms with Gasteiger partial charge in [-0.05, 0) is 31.2 Å². The highest BCUT2D eigenvalue weighted by atomic mass is 16.5. The van der Waals surface area contributed by atoms with Crippen molar-refractivity contribution in [3.63, 3.8) is 0 Å². The van der Waals surface area contributed by atoms with E-state index >= 15 is 0 Å². The molecule has 0 fully saturated rings. The summed E-state index contributed by atoms with van der Waals surface area (Å²) in [5.41, 5.74) is 5.68. The number of aromatic nitrogens is 2. The van der Waals surface area contributed by atoms with Crippen molar-refractivity contribution in [1.29, 1.82) is 0 Å². The van der Waals surface area contributed by atoms with Crippen molar-refractivity contribution >= 4 is 11.6 Å². The molecule has 0 spiro atoms. The molecule has 3 rings (SSSR count). The van der Waals surface area contributed by atoms with Crippen LogP contribution in [0.3, 0.4) is 0 Å². The zero-order valence-corrected chi connectivity index (χ0v) is 14.4. The standard InChI is InChI=1S/C19H18N4O3/c1-12(14-8-9-17(24)18(10-14)26-2)20-23-19(25)16-11-15(21-22-16)13-6-4-3-5-7-13/h3-11,24H,1-2H3,(H,21,22)(H,23,25)/b20-12+. The third-order valence-corrected chi connectivity index (χ3v) is 3.81. The minimum atomic E-state index is -0.398. The number of hydrogen-bond donors (Lipinski definition) is 3. The molecule has 0 aliphatic rings. The van der Waals surface area contributed by atoms with Gasteiger partial charge in [0.1, 0.15) is 5.69 Å². The molecule has 0 saturated heterocycles. The first-order chi connectivity index (χ1) is 12.6. The Labute approximate surface area is 150 Å². The first kappa shape index (κ1) is 17.2. The monoisotopic (exact) mass is 350 g/mol. The second-order valence-corrected chi connectivity index (χ2v) is 5.56. The molecule has 0 unspecified atom stereocenters. The summed E-state index contributed by atoms with van der Waals surface area (Å²) in [6.07, 6.45) is 0. The number of nitrogens with zero attached hydrogens (tertiary/aromatic N) is 2. The topological polar surface area (TPSA) is 99.6 Å². The average Bonchev–Trinajstić information content (AvgIpc) is 3.17. The lowest BCUT2D eigenvalue weighted by molar-refractivity contribution is 0.0950. The molecule has 0 aliphatic heterocycles. The van der Waals surface area contributed by atoms with Crippen LogP contribution in [0.5, 0.6) is 11.5 Å². The number of ether oxygens (including phenoxy) is 1. The summed E-state index contributed by atoms with van der Waals surface area (Å²) in [6.45, 7) is 1.74. The van der Waals surface area contributed by atoms with E-state index in [1.54, 1.807) is 25.1 Å². The first-order valence-corrected chi connectivity index (χ1v) is 7.91. The molecule has 132 valence electrons. The Balaban J connectivity index is 1.72. The minimum absolute atomic E-state index is 0.0407. The van der Waals surface area contributed by atoms with Gasteiger partial charge in [0.05, 0.1) is 18.5 Å². The number of H-pyrrole nitrogens is 1. The lowest BCUT2D eigenvalue weighted by Gasteiger charge is -2.06. The van der Waals surface area contributed by atoms with E-state index in [1.807, 2.05) is 30.3 Å². The van der Waals surface area contributed by atoms with Crippen molar-refractivity contribution < 1.29 is 14.6 Å². The van der Waals surface area contributed by atoms with Crippen LogP contribution in [-0.2, 0) is 0 Å². The summed E-state index contributed by atoms with van der Waals surface area (Å²) in [5, 5.41) is 20.6. The molecular weight excluding hydrogens is 332 g/mol. The lowest BCUT2D eigenvalue weighted by atomic mass is 10.1. The number of amides is 1. The van der Waals surface area contributed by atoms with Gasteiger partial charge in [0.25, 0.3) is 5.91 Å². The number of phenols is 1. The van der Waals surface area contributed by atoms with Crippen LogP contribution in [0.15, 0.2) is 59.7 Å². The third kappa shape index (κ3) is 3.72. The van der Waals surface area contributed by atoms with Gasteiger partial charge in [0, 0.05) is 11.1 Å². The molecule has 1 amide bonds. The number of carbonyl (C=O) groups is 1. The summed E-state index contributed by atoms with van der Waals surface area (Å²) in [4.78, 5) is 12.2. The van der Waals surface area contributed by atoms with Gasteiger partial charge in [0.15, 0.2) is 11.5 Å². The van der Waals surface area contributed by atoms with Crippen molar-refractivity contribution in [1.82, 2.24) is 15.6 Å². The molecule has 0 bridgehead atoms. The van der Waals surface area contributed by atoms with Gasteiger partial charge in [-0.15, -0.1) is 0 Å². The Kier molecular flexibility index (Phi) is 4.98. The molecule has 7 nitrogen and oxygen atoms in total. The van der Waals surface area contributed by atoms with Crippen LogP contribution in [0, 0.1) is 0 Å². The number of phenolic OH excluding ortho intramolecular Hbond substituents is 1. The van der Waals surface area contributed by atoms with E-state index < -0.39 is 5.91 Å². The fourth-order valence-corrected chi connectivity index (χ4v) is 2.36. The molecule has 3 N–H and O–H groups in total. The number of aromatic hydroxyl groups is 1. The summed E-state index contributed by atoms with van der Waals surface area (Å²) >= 11 is 0. The van der Waals surface area contributed by atoms with Gasteiger partial charge in [-0.1, -0.05) is 30.3 Å². The Morgan fingerprint density at radius 1 is 1.19 bits per heavy atom. The van der Waals surface area contributed by atoms with E-state index in [4.69, 9.17) is 4.74 Å². The normalized spacial score (nSPS) is 11.2. The fourth-order valence-electron chi connectivity index (χ4n) is 2.36. The Morgan fingerprint density at radius 2 is 1.96 bits per heavy atom. The summed E-state index contributed by atoms with van der Waals surface area (Å²) in [5.74, 6) is -0.0202. The number of methoxy groups -OCH3 is 1. The maximum Gasteiger partial charge on any atom is 0.289 e. The van der Waals surface area contributed by atoms with Gasteiger partial charge >= 0.3 is 0 Å². The largest absolute Gasteiger partial charge is 0.504 e. The molecule has 7 heteroatoms. The van der Waals surface area contributed by atoms with Crippen molar-refractivity contribution in [2.45, 2.75) is 6.92 Å². The summed E-state index contributed by atoms with van der Waals surface area (Å²) < 4.78 is 5.07. The van der Waals surface area contributed by atoms with Crippen LogP contribution in [0.25, 0.3) is 11.3 Å². The third-order valence-electron chi connectivity index (χ3n) is 3.81. The molecule has 2 aromatic carbocycles. The zero-order valence-electron chi connectivity index (χ0n) is 14.4. The van der Waals surface area contributed by atoms with E-state index in [-0.39, 0.29) is 5.75 Å². The van der Waals surface area contributed by atoms with Crippen molar-refractivity contribution in [3.8, 4) is 22.8 Å².